The van der Waals surface area contributed by atoms with Crippen molar-refractivity contribution in [3.8, 4) is 0 Å². The van der Waals surface area contributed by atoms with Crippen LogP contribution in [0, 0.1) is 11.3 Å². The van der Waals surface area contributed by atoms with Crippen LogP contribution in [0.3, 0.4) is 0 Å². The lowest BCUT2D eigenvalue weighted by molar-refractivity contribution is -0.175. The van der Waals surface area contributed by atoms with Gasteiger partial charge < -0.3 is 29.4 Å². The van der Waals surface area contributed by atoms with E-state index in [0.717, 1.165) is 0 Å². The van der Waals surface area contributed by atoms with Crippen molar-refractivity contribution in [3.05, 3.63) is 39.9 Å². The van der Waals surface area contributed by atoms with Crippen LogP contribution in [0.2, 0.25) is 0 Å². The number of carbonyl (C=O) groups excluding carboxylic acids is 3. The number of nitrogens with zero attached hydrogens (tertiary/aromatic N) is 1. The number of aliphatic hydroxyl groups is 1. The van der Waals surface area contributed by atoms with E-state index in [1.165, 1.54) is 4.90 Å². The Bertz CT molecular complexity index is 1200. The molecule has 32 heavy (non-hydrogen) atoms. The number of ether oxygens (including phenoxy) is 2. The van der Waals surface area contributed by atoms with E-state index < -0.39 is 36.2 Å². The van der Waals surface area contributed by atoms with Gasteiger partial charge in [-0.2, -0.15) is 0 Å². The van der Waals surface area contributed by atoms with Gasteiger partial charge in [-0.25, -0.2) is 9.59 Å². The summed E-state index contributed by atoms with van der Waals surface area (Å²) in [5.41, 5.74) is 1.31. The Kier molecular flexibility index (Phi) is 5.20. The molecule has 2 aliphatic heterocycles. The highest BCUT2D eigenvalue weighted by Crippen LogP contribution is 2.47. The molecule has 4 rings (SSSR count). The van der Waals surface area contributed by atoms with Crippen LogP contribution in [0.1, 0.15) is 39.7 Å². The molecule has 0 radical (unpaired) electrons. The number of aliphatic hydroxyl groups excluding tert-OH is 1. The number of aromatic nitrogens is 2. The number of carbonyl (C=O) groups is 3. The first kappa shape index (κ1) is 21.8. The Balaban J connectivity index is 1.65. The van der Waals surface area contributed by atoms with Crippen molar-refractivity contribution < 1.29 is 29.0 Å². The molecule has 0 bridgehead atoms. The van der Waals surface area contributed by atoms with Crippen LogP contribution in [0.15, 0.2) is 28.7 Å². The van der Waals surface area contributed by atoms with Gasteiger partial charge >= 0.3 is 17.6 Å². The highest BCUT2D eigenvalue weighted by molar-refractivity contribution is 6.07. The fourth-order valence-electron chi connectivity index (χ4n) is 4.16. The van der Waals surface area contributed by atoms with Gasteiger partial charge in [-0.1, -0.05) is 6.07 Å². The summed E-state index contributed by atoms with van der Waals surface area (Å²) in [6.45, 7) is 5.99. The summed E-state index contributed by atoms with van der Waals surface area (Å²) < 4.78 is 10.2. The number of imidazole rings is 1. The van der Waals surface area contributed by atoms with Crippen LogP contribution in [-0.2, 0) is 23.9 Å². The van der Waals surface area contributed by atoms with Gasteiger partial charge in [-0.05, 0) is 57.4 Å². The molecule has 0 aliphatic carbocycles. The molecule has 1 saturated heterocycles. The number of fused-ring (bicyclic) bond motifs is 2. The van der Waals surface area contributed by atoms with Gasteiger partial charge in [-0.3, -0.25) is 9.59 Å². The van der Waals surface area contributed by atoms with E-state index in [-0.39, 0.29) is 23.3 Å². The minimum absolute atomic E-state index is 0.0564. The molecule has 1 fully saturated rings. The summed E-state index contributed by atoms with van der Waals surface area (Å²) in [5, 5.41) is 10.0. The van der Waals surface area contributed by atoms with Gasteiger partial charge in [0.2, 0.25) is 12.7 Å². The summed E-state index contributed by atoms with van der Waals surface area (Å²) in [4.78, 5) is 55.8. The van der Waals surface area contributed by atoms with Gasteiger partial charge in [0.25, 0.3) is 0 Å². The maximum absolute atomic E-state index is 12.9. The Morgan fingerprint density at radius 1 is 1.19 bits per heavy atom. The summed E-state index contributed by atoms with van der Waals surface area (Å²) >= 11 is 0. The predicted octanol–water partition coefficient (Wildman–Crippen LogP) is 1.27. The fraction of sp³-hybridized carbons (Fsp3) is 0.455. The number of β-lactam (4-membered cyclic amide) rings is 1. The van der Waals surface area contributed by atoms with Crippen LogP contribution in [-0.4, -0.2) is 56.8 Å². The SMILES string of the molecule is C[C@@H](O)[C@H]1C(=O)N2C(C(=O)OCOC(=O)C(C)(C)C)=C(c3ccc4[nH]c(=O)[nH]c4c3)C[C@H]12. The van der Waals surface area contributed by atoms with Crippen molar-refractivity contribution in [2.45, 2.75) is 46.3 Å². The minimum Gasteiger partial charge on any atom is -0.427 e. The Morgan fingerprint density at radius 3 is 2.53 bits per heavy atom. The zero-order valence-electron chi connectivity index (χ0n) is 18.2. The molecule has 10 heteroatoms. The quantitative estimate of drug-likeness (QED) is 0.359. The van der Waals surface area contributed by atoms with Crippen molar-refractivity contribution in [2.24, 2.45) is 11.3 Å². The molecule has 0 unspecified atom stereocenters. The predicted molar refractivity (Wildman–Crippen MR) is 113 cm³/mol. The van der Waals surface area contributed by atoms with Crippen LogP contribution >= 0.6 is 0 Å². The van der Waals surface area contributed by atoms with Crippen LogP contribution in [0.4, 0.5) is 0 Å². The largest absolute Gasteiger partial charge is 0.427 e. The third kappa shape index (κ3) is 3.60. The van der Waals surface area contributed by atoms with Gasteiger partial charge in [0.15, 0.2) is 0 Å². The molecule has 1 aromatic carbocycles. The maximum Gasteiger partial charge on any atom is 0.358 e. The number of nitrogens with one attached hydrogen (secondary N) is 2. The second-order valence-corrected chi connectivity index (χ2v) is 9.14. The molecule has 0 saturated carbocycles. The lowest BCUT2D eigenvalue weighted by Crippen LogP contribution is -2.61. The normalized spacial score (nSPS) is 21.4. The molecule has 0 spiro atoms. The molecule has 2 aliphatic rings. The van der Waals surface area contributed by atoms with Crippen molar-refractivity contribution in [3.63, 3.8) is 0 Å². The second kappa shape index (κ2) is 7.63. The Hall–Kier alpha value is -3.40. The first-order chi connectivity index (χ1) is 15.0. The lowest BCUT2D eigenvalue weighted by atomic mass is 9.82. The van der Waals surface area contributed by atoms with E-state index in [1.54, 1.807) is 45.9 Å². The van der Waals surface area contributed by atoms with Crippen molar-refractivity contribution in [1.29, 1.82) is 0 Å². The molecule has 3 heterocycles. The van der Waals surface area contributed by atoms with Crippen LogP contribution in [0.25, 0.3) is 16.6 Å². The van der Waals surface area contributed by atoms with Gasteiger partial charge in [0, 0.05) is 0 Å². The number of aromatic amines is 2. The molecular weight excluding hydrogens is 418 g/mol. The first-order valence-electron chi connectivity index (χ1n) is 10.3. The molecule has 3 N–H and O–H groups in total. The number of benzene rings is 1. The third-order valence-electron chi connectivity index (χ3n) is 5.78. The highest BCUT2D eigenvalue weighted by atomic mass is 16.7. The smallest absolute Gasteiger partial charge is 0.358 e. The molecular formula is C22H25N3O7. The number of amides is 1. The van der Waals surface area contributed by atoms with Crippen molar-refractivity contribution >= 4 is 34.5 Å². The number of rotatable bonds is 5. The highest BCUT2D eigenvalue weighted by Gasteiger charge is 2.57. The molecule has 2 aromatic rings. The van der Waals surface area contributed by atoms with Crippen molar-refractivity contribution in [1.82, 2.24) is 14.9 Å². The van der Waals surface area contributed by atoms with E-state index in [0.29, 0.717) is 28.6 Å². The van der Waals surface area contributed by atoms with E-state index in [4.69, 9.17) is 9.47 Å². The number of hydrogen-bond acceptors (Lipinski definition) is 7. The van der Waals surface area contributed by atoms with Gasteiger partial charge in [-0.15, -0.1) is 0 Å². The number of esters is 2. The van der Waals surface area contributed by atoms with Crippen LogP contribution < -0.4 is 5.69 Å². The lowest BCUT2D eigenvalue weighted by Gasteiger charge is -2.44. The zero-order valence-corrected chi connectivity index (χ0v) is 18.2. The summed E-state index contributed by atoms with van der Waals surface area (Å²) in [5.74, 6) is -2.32. The van der Waals surface area contributed by atoms with E-state index >= 15 is 0 Å². The average molecular weight is 443 g/mol. The maximum atomic E-state index is 12.9. The molecule has 170 valence electrons. The van der Waals surface area contributed by atoms with E-state index in [9.17, 15) is 24.3 Å². The molecule has 3 atom stereocenters. The van der Waals surface area contributed by atoms with Gasteiger partial charge in [0.1, 0.15) is 5.70 Å². The first-order valence-corrected chi connectivity index (χ1v) is 10.3. The fourth-order valence-corrected chi connectivity index (χ4v) is 4.16. The van der Waals surface area contributed by atoms with E-state index in [2.05, 4.69) is 9.97 Å². The zero-order chi connectivity index (χ0) is 23.4. The van der Waals surface area contributed by atoms with E-state index in [1.807, 2.05) is 0 Å². The number of H-pyrrole nitrogens is 2. The van der Waals surface area contributed by atoms with Crippen molar-refractivity contribution in [2.75, 3.05) is 6.79 Å². The third-order valence-corrected chi connectivity index (χ3v) is 5.78. The Labute approximate surface area is 183 Å². The average Bonchev–Trinajstić information content (AvgIpc) is 3.23. The summed E-state index contributed by atoms with van der Waals surface area (Å²) in [7, 11) is 0. The minimum atomic E-state index is -0.864. The molecule has 1 aromatic heterocycles. The molecule has 1 amide bonds. The summed E-state index contributed by atoms with van der Waals surface area (Å²) in [6.07, 6.45) is -0.523. The Morgan fingerprint density at radius 2 is 1.88 bits per heavy atom. The number of hydrogen-bond donors (Lipinski definition) is 3. The van der Waals surface area contributed by atoms with Crippen LogP contribution in [0.5, 0.6) is 0 Å². The summed E-state index contributed by atoms with van der Waals surface area (Å²) in [6, 6.07) is 4.77. The monoisotopic (exact) mass is 443 g/mol. The molecule has 10 nitrogen and oxygen atoms in total. The standard InChI is InChI=1S/C22H25N3O7/c1-10(26)16-15-8-12(11-5-6-13-14(7-11)24-21(30)23-13)17(25(15)18(16)27)19(28)31-9-32-20(29)22(2,3)4/h5-7,10,15-16,26H,8-9H2,1-4H3,(H2,23,24,30)/t10-,15-,16-/m1/s1. The topological polar surface area (TPSA) is 142 Å². The second-order valence-electron chi connectivity index (χ2n) is 9.14. The van der Waals surface area contributed by atoms with Gasteiger partial charge in [0.05, 0.1) is 34.5 Å².